The highest BCUT2D eigenvalue weighted by Crippen LogP contribution is 2.37. The number of hydrogen-bond acceptors (Lipinski definition) is 3. The van der Waals surface area contributed by atoms with E-state index in [2.05, 4.69) is 55.8 Å². The molecule has 0 spiro atoms. The van der Waals surface area contributed by atoms with Gasteiger partial charge in [-0.25, -0.2) is 0 Å². The van der Waals surface area contributed by atoms with Gasteiger partial charge in [-0.1, -0.05) is 24.3 Å². The van der Waals surface area contributed by atoms with Crippen molar-refractivity contribution in [1.82, 2.24) is 0 Å². The van der Waals surface area contributed by atoms with Crippen LogP contribution in [0.15, 0.2) is 45.3 Å². The molecule has 1 aliphatic rings. The number of rotatable bonds is 1. The Morgan fingerprint density at radius 3 is 2.30 bits per heavy atom. The van der Waals surface area contributed by atoms with Gasteiger partial charge in [0, 0.05) is 10.8 Å². The van der Waals surface area contributed by atoms with Crippen molar-refractivity contribution in [2.45, 2.75) is 38.9 Å². The molecule has 23 heavy (non-hydrogen) atoms. The third-order valence-corrected chi connectivity index (χ3v) is 5.62. The highest BCUT2D eigenvalue weighted by atomic mass is 79.9. The Bertz CT molecular complexity index is 897. The van der Waals surface area contributed by atoms with Crippen LogP contribution >= 0.6 is 15.9 Å². The molecule has 0 aliphatic carbocycles. The van der Waals surface area contributed by atoms with Crippen LogP contribution in [0, 0.1) is 0 Å². The van der Waals surface area contributed by atoms with Crippen molar-refractivity contribution < 1.29 is 13.7 Å². The van der Waals surface area contributed by atoms with Crippen LogP contribution in [0.2, 0.25) is 0 Å². The summed E-state index contributed by atoms with van der Waals surface area (Å²) in [6.07, 6.45) is 0. The topological polar surface area (TPSA) is 31.6 Å². The van der Waals surface area contributed by atoms with Crippen molar-refractivity contribution in [3.63, 3.8) is 0 Å². The molecule has 2 aromatic carbocycles. The fourth-order valence-corrected chi connectivity index (χ4v) is 3.35. The summed E-state index contributed by atoms with van der Waals surface area (Å²) in [7, 11) is -0.360. The Balaban J connectivity index is 1.84. The monoisotopic (exact) mass is 372 g/mol. The quantitative estimate of drug-likeness (QED) is 0.583. The van der Waals surface area contributed by atoms with E-state index in [1.54, 1.807) is 0 Å². The fourth-order valence-electron chi connectivity index (χ4n) is 2.91. The molecule has 0 bridgehead atoms. The molecule has 0 saturated carbocycles. The van der Waals surface area contributed by atoms with Gasteiger partial charge in [0.25, 0.3) is 0 Å². The minimum absolute atomic E-state index is 0.339. The summed E-state index contributed by atoms with van der Waals surface area (Å²) in [5.74, 6) is 0. The first-order valence-corrected chi connectivity index (χ1v) is 8.54. The predicted molar refractivity (Wildman–Crippen MR) is 97.1 cm³/mol. The second-order valence-electron chi connectivity index (χ2n) is 7.06. The van der Waals surface area contributed by atoms with E-state index in [0.717, 1.165) is 31.9 Å². The lowest BCUT2D eigenvalue weighted by atomic mass is 9.78. The van der Waals surface area contributed by atoms with Crippen LogP contribution in [-0.4, -0.2) is 18.3 Å². The maximum Gasteiger partial charge on any atom is 0.494 e. The minimum Gasteiger partial charge on any atom is -0.455 e. The number of halogens is 1. The Kier molecular flexibility index (Phi) is 3.22. The summed E-state index contributed by atoms with van der Waals surface area (Å²) in [6.45, 7) is 8.26. The van der Waals surface area contributed by atoms with E-state index >= 15 is 0 Å². The van der Waals surface area contributed by atoms with Gasteiger partial charge in [0.1, 0.15) is 11.2 Å². The normalized spacial score (nSPS) is 19.8. The first kappa shape index (κ1) is 15.2. The van der Waals surface area contributed by atoms with E-state index in [-0.39, 0.29) is 18.3 Å². The van der Waals surface area contributed by atoms with E-state index in [1.807, 2.05) is 24.3 Å². The van der Waals surface area contributed by atoms with Crippen molar-refractivity contribution in [3.05, 3.63) is 40.9 Å². The molecule has 118 valence electrons. The van der Waals surface area contributed by atoms with Crippen LogP contribution in [-0.2, 0) is 9.31 Å². The molecule has 0 atom stereocenters. The van der Waals surface area contributed by atoms with Crippen LogP contribution in [0.5, 0.6) is 0 Å². The fraction of sp³-hybridized carbons (Fsp3) is 0.333. The third kappa shape index (κ3) is 2.25. The van der Waals surface area contributed by atoms with Gasteiger partial charge in [-0.2, -0.15) is 0 Å². The maximum atomic E-state index is 6.15. The van der Waals surface area contributed by atoms with Gasteiger partial charge in [0.15, 0.2) is 0 Å². The molecule has 1 fully saturated rings. The largest absolute Gasteiger partial charge is 0.494 e. The van der Waals surface area contributed by atoms with E-state index in [9.17, 15) is 0 Å². The summed E-state index contributed by atoms with van der Waals surface area (Å²) in [4.78, 5) is 0. The highest BCUT2D eigenvalue weighted by Gasteiger charge is 2.51. The Morgan fingerprint density at radius 2 is 1.61 bits per heavy atom. The predicted octanol–water partition coefficient (Wildman–Crippen LogP) is 4.65. The van der Waals surface area contributed by atoms with Gasteiger partial charge < -0.3 is 13.7 Å². The third-order valence-electron chi connectivity index (χ3n) is 5.00. The lowest BCUT2D eigenvalue weighted by Gasteiger charge is -2.32. The van der Waals surface area contributed by atoms with E-state index in [0.29, 0.717) is 0 Å². The van der Waals surface area contributed by atoms with Crippen molar-refractivity contribution >= 4 is 50.4 Å². The van der Waals surface area contributed by atoms with Gasteiger partial charge in [-0.15, -0.1) is 0 Å². The van der Waals surface area contributed by atoms with Crippen LogP contribution in [0.1, 0.15) is 27.7 Å². The molecule has 2 heterocycles. The molecule has 3 aromatic rings. The zero-order valence-corrected chi connectivity index (χ0v) is 15.2. The molecule has 1 aliphatic heterocycles. The number of benzene rings is 2. The summed E-state index contributed by atoms with van der Waals surface area (Å²) in [6, 6.07) is 12.2. The molecular formula is C18H18BBrO3. The average molecular weight is 373 g/mol. The summed E-state index contributed by atoms with van der Waals surface area (Å²) in [5.41, 5.74) is 2.07. The smallest absolute Gasteiger partial charge is 0.455 e. The average Bonchev–Trinajstić information content (AvgIpc) is 2.95. The first-order valence-electron chi connectivity index (χ1n) is 7.75. The standard InChI is InChI=1S/C18H18BBrO3/c1-17(2)18(3,4)23-19(22-17)11-8-9-15-13(10-11)12-6-5-7-14(20)16(12)21-15/h5-10H,1-4H3. The number of para-hydroxylation sites is 1. The van der Waals surface area contributed by atoms with Gasteiger partial charge in [-0.3, -0.25) is 0 Å². The van der Waals surface area contributed by atoms with Gasteiger partial charge in [-0.05, 0) is 61.2 Å². The number of hydrogen-bond donors (Lipinski definition) is 0. The summed E-state index contributed by atoms with van der Waals surface area (Å²) in [5, 5.41) is 2.17. The Labute approximate surface area is 144 Å². The SMILES string of the molecule is CC1(C)OB(c2ccc3oc4c(Br)cccc4c3c2)OC1(C)C. The zero-order valence-electron chi connectivity index (χ0n) is 13.6. The van der Waals surface area contributed by atoms with Crippen molar-refractivity contribution in [2.75, 3.05) is 0 Å². The molecule has 0 amide bonds. The van der Waals surface area contributed by atoms with Gasteiger partial charge in [0.05, 0.1) is 15.7 Å². The van der Waals surface area contributed by atoms with Crippen molar-refractivity contribution in [3.8, 4) is 0 Å². The van der Waals surface area contributed by atoms with Gasteiger partial charge >= 0.3 is 7.12 Å². The molecule has 1 saturated heterocycles. The van der Waals surface area contributed by atoms with Gasteiger partial charge in [0.2, 0.25) is 0 Å². The zero-order chi connectivity index (χ0) is 16.4. The summed E-state index contributed by atoms with van der Waals surface area (Å²) < 4.78 is 19.2. The number of fused-ring (bicyclic) bond motifs is 3. The van der Waals surface area contributed by atoms with E-state index in [4.69, 9.17) is 13.7 Å². The maximum absolute atomic E-state index is 6.15. The van der Waals surface area contributed by atoms with Crippen molar-refractivity contribution in [2.24, 2.45) is 0 Å². The molecule has 3 nitrogen and oxygen atoms in total. The number of furan rings is 1. The van der Waals surface area contributed by atoms with Crippen molar-refractivity contribution in [1.29, 1.82) is 0 Å². The lowest BCUT2D eigenvalue weighted by molar-refractivity contribution is 0.00578. The molecule has 0 unspecified atom stereocenters. The molecule has 1 aromatic heterocycles. The van der Waals surface area contributed by atoms with Crippen LogP contribution in [0.25, 0.3) is 21.9 Å². The molecule has 5 heteroatoms. The van der Waals surface area contributed by atoms with Crippen LogP contribution in [0.3, 0.4) is 0 Å². The van der Waals surface area contributed by atoms with Crippen LogP contribution in [0.4, 0.5) is 0 Å². The molecular weight excluding hydrogens is 355 g/mol. The van der Waals surface area contributed by atoms with Crippen LogP contribution < -0.4 is 5.46 Å². The Hall–Kier alpha value is -1.30. The summed E-state index contributed by atoms with van der Waals surface area (Å²) >= 11 is 3.55. The molecule has 4 rings (SSSR count). The highest BCUT2D eigenvalue weighted by molar-refractivity contribution is 9.10. The Morgan fingerprint density at radius 1 is 0.913 bits per heavy atom. The first-order chi connectivity index (χ1) is 10.8. The van der Waals surface area contributed by atoms with E-state index in [1.165, 1.54) is 0 Å². The lowest BCUT2D eigenvalue weighted by Crippen LogP contribution is -2.41. The molecule has 0 N–H and O–H groups in total. The minimum atomic E-state index is -0.360. The second kappa shape index (κ2) is 4.85. The second-order valence-corrected chi connectivity index (χ2v) is 7.92. The van der Waals surface area contributed by atoms with E-state index < -0.39 is 0 Å². The molecule has 0 radical (unpaired) electrons.